The Bertz CT molecular complexity index is 1430. The number of hydrogen-bond acceptors (Lipinski definition) is 9. The minimum Gasteiger partial charge on any atom is -0.458 e. The number of ether oxygens (including phenoxy) is 4. The minimum absolute atomic E-state index is 0.0334. The van der Waals surface area contributed by atoms with Crippen molar-refractivity contribution < 1.29 is 38.7 Å². The summed E-state index contributed by atoms with van der Waals surface area (Å²) in [6.45, 7) is 11.4. The molecule has 0 bridgehead atoms. The van der Waals surface area contributed by atoms with Gasteiger partial charge in [-0.05, 0) is 102 Å². The molecule has 264 valence electrons. The molecule has 8 nitrogen and oxygen atoms in total. The van der Waals surface area contributed by atoms with Crippen molar-refractivity contribution in [2.45, 2.75) is 139 Å². The van der Waals surface area contributed by atoms with Crippen molar-refractivity contribution in [2.24, 2.45) is 28.6 Å². The highest BCUT2D eigenvalue weighted by Gasteiger charge is 2.71. The highest BCUT2D eigenvalue weighted by atomic mass is 32.2. The molecule has 0 aromatic heterocycles. The highest BCUT2D eigenvalue weighted by molar-refractivity contribution is 8.00. The fraction of sp³-hybridized carbons (Fsp3) is 0.692. The number of allylic oxidation sites excluding steroid dienone is 2. The number of carbonyl (C=O) groups is 2. The van der Waals surface area contributed by atoms with Gasteiger partial charge in [-0.2, -0.15) is 0 Å². The molecule has 3 saturated carbocycles. The molecule has 13 atom stereocenters. The molecule has 4 fully saturated rings. The number of fused-ring (bicyclic) bond motifs is 5. The third kappa shape index (κ3) is 5.84. The number of ketones is 1. The Morgan fingerprint density at radius 2 is 1.81 bits per heavy atom. The molecule has 1 saturated heterocycles. The second-order valence-electron chi connectivity index (χ2n) is 15.4. The molecule has 9 unspecified atom stereocenters. The Hall–Kier alpha value is -2.01. The quantitative estimate of drug-likeness (QED) is 0.182. The van der Waals surface area contributed by atoms with Crippen LogP contribution in [0, 0.1) is 28.6 Å². The maximum Gasteiger partial charge on any atom is 0.333 e. The molecule has 1 heterocycles. The summed E-state index contributed by atoms with van der Waals surface area (Å²) in [6.07, 6.45) is 6.05. The number of esters is 1. The van der Waals surface area contributed by atoms with Crippen molar-refractivity contribution in [3.8, 4) is 0 Å². The first-order chi connectivity index (χ1) is 22.8. The van der Waals surface area contributed by atoms with Gasteiger partial charge in [0.1, 0.15) is 24.1 Å². The van der Waals surface area contributed by atoms with Gasteiger partial charge in [-0.3, -0.25) is 4.79 Å². The van der Waals surface area contributed by atoms with Crippen LogP contribution in [0.5, 0.6) is 0 Å². The lowest BCUT2D eigenvalue weighted by Gasteiger charge is -2.63. The van der Waals surface area contributed by atoms with Crippen LogP contribution in [0.2, 0.25) is 0 Å². The van der Waals surface area contributed by atoms with Gasteiger partial charge in [0, 0.05) is 28.9 Å². The van der Waals surface area contributed by atoms with Crippen LogP contribution in [-0.2, 0) is 28.5 Å². The van der Waals surface area contributed by atoms with Crippen molar-refractivity contribution in [1.82, 2.24) is 0 Å². The molecule has 6 rings (SSSR count). The van der Waals surface area contributed by atoms with Gasteiger partial charge in [0.25, 0.3) is 0 Å². The Labute approximate surface area is 290 Å². The number of thioether (sulfide) groups is 1. The summed E-state index contributed by atoms with van der Waals surface area (Å²) in [7, 11) is 1.63. The number of aliphatic hydroxyl groups is 2. The van der Waals surface area contributed by atoms with E-state index in [1.807, 2.05) is 51.1 Å². The summed E-state index contributed by atoms with van der Waals surface area (Å²) >= 11 is 1.61. The molecule has 2 N–H and O–H groups in total. The van der Waals surface area contributed by atoms with E-state index in [2.05, 4.69) is 13.0 Å². The Morgan fingerprint density at radius 1 is 1.08 bits per heavy atom. The second kappa shape index (κ2) is 13.6. The van der Waals surface area contributed by atoms with Crippen LogP contribution in [0.25, 0.3) is 0 Å². The number of rotatable bonds is 8. The summed E-state index contributed by atoms with van der Waals surface area (Å²) in [4.78, 5) is 27.3. The first kappa shape index (κ1) is 35.8. The third-order valence-corrected chi connectivity index (χ3v) is 14.5. The van der Waals surface area contributed by atoms with E-state index in [0.717, 1.165) is 30.6 Å². The Balaban J connectivity index is 1.26. The average Bonchev–Trinajstić information content (AvgIpc) is 3.36. The second-order valence-corrected chi connectivity index (χ2v) is 16.7. The molecule has 48 heavy (non-hydrogen) atoms. The fourth-order valence-corrected chi connectivity index (χ4v) is 11.4. The zero-order valence-corrected chi connectivity index (χ0v) is 30.3. The molecule has 0 radical (unpaired) electrons. The molecule has 1 aromatic carbocycles. The smallest absolute Gasteiger partial charge is 0.333 e. The molecule has 1 aliphatic heterocycles. The van der Waals surface area contributed by atoms with E-state index in [9.17, 15) is 19.8 Å². The molecule has 5 aliphatic rings. The molecule has 0 spiro atoms. The number of aliphatic hydroxyl groups excluding tert-OH is 1. The van der Waals surface area contributed by atoms with Crippen LogP contribution >= 0.6 is 11.8 Å². The van der Waals surface area contributed by atoms with E-state index in [-0.39, 0.29) is 46.3 Å². The zero-order valence-electron chi connectivity index (χ0n) is 29.5. The number of methoxy groups -OCH3 is 1. The van der Waals surface area contributed by atoms with Crippen LogP contribution in [0.15, 0.2) is 58.5 Å². The number of hydrogen-bond donors (Lipinski definition) is 2. The average molecular weight is 683 g/mol. The van der Waals surface area contributed by atoms with E-state index >= 15 is 0 Å². The maximum absolute atomic E-state index is 13.2. The van der Waals surface area contributed by atoms with Gasteiger partial charge in [0.2, 0.25) is 0 Å². The van der Waals surface area contributed by atoms with Gasteiger partial charge in [-0.1, -0.05) is 49.8 Å². The Kier molecular flexibility index (Phi) is 10.1. The highest BCUT2D eigenvalue weighted by Crippen LogP contribution is 2.68. The van der Waals surface area contributed by atoms with Crippen molar-refractivity contribution in [3.05, 3.63) is 53.6 Å². The summed E-state index contributed by atoms with van der Waals surface area (Å²) in [5.41, 5.74) is -0.334. The van der Waals surface area contributed by atoms with Gasteiger partial charge in [0.05, 0.1) is 23.1 Å². The largest absolute Gasteiger partial charge is 0.458 e. The molecule has 1 aromatic rings. The predicted molar refractivity (Wildman–Crippen MR) is 184 cm³/mol. The van der Waals surface area contributed by atoms with Gasteiger partial charge >= 0.3 is 5.97 Å². The van der Waals surface area contributed by atoms with Crippen molar-refractivity contribution >= 4 is 23.5 Å². The Morgan fingerprint density at radius 3 is 2.48 bits per heavy atom. The first-order valence-corrected chi connectivity index (χ1v) is 18.7. The van der Waals surface area contributed by atoms with Crippen LogP contribution in [0.3, 0.4) is 0 Å². The summed E-state index contributed by atoms with van der Waals surface area (Å²) in [6, 6.07) is 10.1. The van der Waals surface area contributed by atoms with Crippen LogP contribution in [-0.4, -0.2) is 76.7 Å². The fourth-order valence-electron chi connectivity index (χ4n) is 10.2. The minimum atomic E-state index is -1.12. The lowest BCUT2D eigenvalue weighted by Crippen LogP contribution is -2.66. The monoisotopic (exact) mass is 682 g/mol. The standard InChI is InChI=1S/C39H54O8S/c1-8-22(2)35(42)47-31-21-30-29(39(43)19-17-28(23(3)40)38(31,39)6)15-14-25-20-26(16-18-37(25,30)5)46-36-34(48-27-12-10-9-11-13-27)33(44-7)32(41)24(4)45-36/h8-14,24,26,28-34,36,41,43H,15-21H2,1-7H3/b22-8+/t24?,26?,28?,29?,30?,31-,32?,33?,34?,36?,37+,38+,39+/m1/s1. The van der Waals surface area contributed by atoms with Crippen molar-refractivity contribution in [1.29, 1.82) is 0 Å². The summed E-state index contributed by atoms with van der Waals surface area (Å²) < 4.78 is 25.3. The van der Waals surface area contributed by atoms with E-state index in [1.165, 1.54) is 5.57 Å². The molecular formula is C39H54O8S. The third-order valence-electron chi connectivity index (χ3n) is 13.2. The van der Waals surface area contributed by atoms with E-state index in [0.29, 0.717) is 24.8 Å². The topological polar surface area (TPSA) is 112 Å². The van der Waals surface area contributed by atoms with Crippen molar-refractivity contribution in [2.75, 3.05) is 7.11 Å². The van der Waals surface area contributed by atoms with Crippen LogP contribution in [0.4, 0.5) is 0 Å². The lowest BCUT2D eigenvalue weighted by atomic mass is 9.45. The van der Waals surface area contributed by atoms with E-state index in [4.69, 9.17) is 18.9 Å². The first-order valence-electron chi connectivity index (χ1n) is 17.8. The van der Waals surface area contributed by atoms with Gasteiger partial charge in [0.15, 0.2) is 6.29 Å². The van der Waals surface area contributed by atoms with E-state index < -0.39 is 41.7 Å². The van der Waals surface area contributed by atoms with Gasteiger partial charge < -0.3 is 29.2 Å². The van der Waals surface area contributed by atoms with Crippen LogP contribution < -0.4 is 0 Å². The maximum atomic E-state index is 13.2. The summed E-state index contributed by atoms with van der Waals surface area (Å²) in [5, 5.41) is 23.4. The number of carbonyl (C=O) groups excluding carboxylic acids is 2. The molecule has 4 aliphatic carbocycles. The number of Topliss-reactive ketones (excluding diaryl/α,β-unsaturated/α-hetero) is 1. The normalized spacial score (nSPS) is 44.2. The lowest BCUT2D eigenvalue weighted by molar-refractivity contribution is -0.262. The van der Waals surface area contributed by atoms with Gasteiger partial charge in [-0.25, -0.2) is 4.79 Å². The zero-order chi connectivity index (χ0) is 34.6. The van der Waals surface area contributed by atoms with Gasteiger partial charge in [-0.15, -0.1) is 11.8 Å². The van der Waals surface area contributed by atoms with Crippen LogP contribution in [0.1, 0.15) is 86.5 Å². The predicted octanol–water partition coefficient (Wildman–Crippen LogP) is 6.42. The molecule has 9 heteroatoms. The molecular weight excluding hydrogens is 628 g/mol. The number of benzene rings is 1. The molecule has 0 amide bonds. The summed E-state index contributed by atoms with van der Waals surface area (Å²) in [5.74, 6) is -0.627. The van der Waals surface area contributed by atoms with E-state index in [1.54, 1.807) is 38.8 Å². The SMILES string of the molecule is C/C=C(\C)C(=O)O[C@@H]1CC2C(CC=C3CC(OC4OC(C)C(O)C(OC)C4Sc4ccccc4)CC[C@@]32C)[C@@]2(O)CCC(C(C)=O)[C@@]12C. The van der Waals surface area contributed by atoms with Crippen molar-refractivity contribution in [3.63, 3.8) is 0 Å².